The molecule has 6 nitrogen and oxygen atoms in total. The summed E-state index contributed by atoms with van der Waals surface area (Å²) in [5.41, 5.74) is 2.52. The second-order valence-electron chi connectivity index (χ2n) is 8.03. The van der Waals surface area contributed by atoms with E-state index in [0.717, 1.165) is 45.1 Å². The lowest BCUT2D eigenvalue weighted by Crippen LogP contribution is -2.42. The molecule has 1 fully saturated rings. The summed E-state index contributed by atoms with van der Waals surface area (Å²) < 4.78 is 12.9. The summed E-state index contributed by atoms with van der Waals surface area (Å²) in [5, 5.41) is 8.11. The van der Waals surface area contributed by atoms with Gasteiger partial charge in [0.25, 0.3) is 0 Å². The second-order valence-corrected chi connectivity index (χ2v) is 8.03. The molecule has 2 heterocycles. The minimum Gasteiger partial charge on any atom is -0.497 e. The molecular weight excluding hydrogens is 340 g/mol. The largest absolute Gasteiger partial charge is 0.497 e. The number of aromatic nitrogens is 2. The van der Waals surface area contributed by atoms with E-state index in [-0.39, 0.29) is 5.54 Å². The van der Waals surface area contributed by atoms with Crippen LogP contribution in [0.3, 0.4) is 0 Å². The average Bonchev–Trinajstić information content (AvgIpc) is 3.16. The molecule has 1 aromatic heterocycles. The van der Waals surface area contributed by atoms with E-state index in [4.69, 9.17) is 9.47 Å². The van der Waals surface area contributed by atoms with Gasteiger partial charge in [-0.15, -0.1) is 0 Å². The highest BCUT2D eigenvalue weighted by molar-refractivity contribution is 5.29. The number of rotatable bonds is 7. The second kappa shape index (κ2) is 8.87. The van der Waals surface area contributed by atoms with Crippen LogP contribution in [0.15, 0.2) is 36.7 Å². The van der Waals surface area contributed by atoms with Crippen LogP contribution in [0.25, 0.3) is 0 Å². The third kappa shape index (κ3) is 5.31. The number of ether oxygens (including phenoxy) is 2. The summed E-state index contributed by atoms with van der Waals surface area (Å²) >= 11 is 0. The van der Waals surface area contributed by atoms with Crippen molar-refractivity contribution in [2.75, 3.05) is 40.0 Å². The highest BCUT2D eigenvalue weighted by Crippen LogP contribution is 2.24. The fourth-order valence-corrected chi connectivity index (χ4v) is 3.34. The maximum absolute atomic E-state index is 5.54. The molecule has 1 atom stereocenters. The van der Waals surface area contributed by atoms with Crippen LogP contribution in [0.4, 0.5) is 0 Å². The van der Waals surface area contributed by atoms with E-state index in [1.54, 1.807) is 7.11 Å². The summed E-state index contributed by atoms with van der Waals surface area (Å²) in [5.74, 6) is 0.891. The molecule has 1 aromatic carbocycles. The van der Waals surface area contributed by atoms with E-state index in [1.165, 1.54) is 11.1 Å². The van der Waals surface area contributed by atoms with Gasteiger partial charge in [0.05, 0.1) is 32.1 Å². The Hall–Kier alpha value is -1.89. The van der Waals surface area contributed by atoms with Gasteiger partial charge in [0.1, 0.15) is 5.75 Å². The van der Waals surface area contributed by atoms with Crippen LogP contribution in [0.1, 0.15) is 37.9 Å². The molecule has 2 aromatic rings. The highest BCUT2D eigenvalue weighted by atomic mass is 16.5. The van der Waals surface area contributed by atoms with Crippen LogP contribution >= 0.6 is 0 Å². The molecule has 1 saturated heterocycles. The number of morpholine rings is 1. The standard InChI is InChI=1S/C21H32N4O2/c1-21(2,3)25-16-17(14-23-25)13-22-15-20(24-9-11-27-12-10-24)18-5-7-19(26-4)8-6-18/h5-8,14,16,20,22H,9-13,15H2,1-4H3. The zero-order valence-electron chi connectivity index (χ0n) is 16.9. The van der Waals surface area contributed by atoms with Gasteiger partial charge in [0, 0.05) is 44.0 Å². The Balaban J connectivity index is 1.64. The Bertz CT molecular complexity index is 700. The Kier molecular flexibility index (Phi) is 6.52. The number of methoxy groups -OCH3 is 1. The van der Waals surface area contributed by atoms with Crippen molar-refractivity contribution in [2.24, 2.45) is 0 Å². The number of benzene rings is 1. The zero-order chi connectivity index (χ0) is 19.3. The Morgan fingerprint density at radius 2 is 1.89 bits per heavy atom. The molecule has 0 spiro atoms. The Morgan fingerprint density at radius 3 is 2.48 bits per heavy atom. The van der Waals surface area contributed by atoms with Crippen LogP contribution in [0, 0.1) is 0 Å². The maximum Gasteiger partial charge on any atom is 0.118 e. The van der Waals surface area contributed by atoms with Gasteiger partial charge in [-0.25, -0.2) is 0 Å². The number of hydrogen-bond donors (Lipinski definition) is 1. The zero-order valence-corrected chi connectivity index (χ0v) is 16.9. The molecule has 0 saturated carbocycles. The fourth-order valence-electron chi connectivity index (χ4n) is 3.34. The lowest BCUT2D eigenvalue weighted by atomic mass is 10.0. The third-order valence-electron chi connectivity index (χ3n) is 4.98. The van der Waals surface area contributed by atoms with Crippen molar-refractivity contribution in [1.82, 2.24) is 20.0 Å². The molecule has 1 aliphatic heterocycles. The normalized spacial score (nSPS) is 17.0. The van der Waals surface area contributed by atoms with E-state index in [1.807, 2.05) is 23.0 Å². The summed E-state index contributed by atoms with van der Waals surface area (Å²) in [4.78, 5) is 2.50. The third-order valence-corrected chi connectivity index (χ3v) is 4.98. The van der Waals surface area contributed by atoms with Crippen LogP contribution < -0.4 is 10.1 Å². The van der Waals surface area contributed by atoms with Gasteiger partial charge in [-0.05, 0) is 38.5 Å². The van der Waals surface area contributed by atoms with Gasteiger partial charge < -0.3 is 14.8 Å². The molecule has 27 heavy (non-hydrogen) atoms. The molecule has 1 unspecified atom stereocenters. The van der Waals surface area contributed by atoms with Crippen LogP contribution in [0.5, 0.6) is 5.75 Å². The van der Waals surface area contributed by atoms with Gasteiger partial charge in [-0.1, -0.05) is 12.1 Å². The van der Waals surface area contributed by atoms with Gasteiger partial charge in [-0.3, -0.25) is 9.58 Å². The van der Waals surface area contributed by atoms with Crippen molar-refractivity contribution >= 4 is 0 Å². The topological polar surface area (TPSA) is 51.5 Å². The van der Waals surface area contributed by atoms with Gasteiger partial charge in [-0.2, -0.15) is 5.10 Å². The maximum atomic E-state index is 5.54. The van der Waals surface area contributed by atoms with Crippen LogP contribution in [-0.4, -0.2) is 54.6 Å². The van der Waals surface area contributed by atoms with E-state index >= 15 is 0 Å². The first-order valence-corrected chi connectivity index (χ1v) is 9.68. The molecule has 6 heteroatoms. The number of nitrogens with one attached hydrogen (secondary N) is 1. The van der Waals surface area contributed by atoms with E-state index in [9.17, 15) is 0 Å². The molecule has 0 bridgehead atoms. The molecule has 1 N–H and O–H groups in total. The van der Waals surface area contributed by atoms with Gasteiger partial charge in [0.2, 0.25) is 0 Å². The SMILES string of the molecule is COc1ccc(C(CNCc2cnn(C(C)(C)C)c2)N2CCOCC2)cc1. The lowest BCUT2D eigenvalue weighted by molar-refractivity contribution is 0.0161. The summed E-state index contributed by atoms with van der Waals surface area (Å²) in [6, 6.07) is 8.72. The Labute approximate surface area is 162 Å². The average molecular weight is 373 g/mol. The molecule has 1 aliphatic rings. The highest BCUT2D eigenvalue weighted by Gasteiger charge is 2.22. The van der Waals surface area contributed by atoms with Crippen molar-refractivity contribution in [3.05, 3.63) is 47.8 Å². The van der Waals surface area contributed by atoms with Gasteiger partial charge in [0.15, 0.2) is 0 Å². The fraction of sp³-hybridized carbons (Fsp3) is 0.571. The monoisotopic (exact) mass is 372 g/mol. The van der Waals surface area contributed by atoms with Crippen molar-refractivity contribution in [2.45, 2.75) is 38.9 Å². The van der Waals surface area contributed by atoms with Crippen LogP contribution in [-0.2, 0) is 16.8 Å². The number of nitrogens with zero attached hydrogens (tertiary/aromatic N) is 3. The molecule has 0 radical (unpaired) electrons. The minimum atomic E-state index is 0.0116. The van der Waals surface area contributed by atoms with Gasteiger partial charge >= 0.3 is 0 Å². The van der Waals surface area contributed by atoms with Crippen molar-refractivity contribution in [1.29, 1.82) is 0 Å². The predicted molar refractivity (Wildman–Crippen MR) is 107 cm³/mol. The first-order chi connectivity index (χ1) is 13.0. The molecular formula is C21H32N4O2. The first kappa shape index (κ1) is 19.9. The summed E-state index contributed by atoms with van der Waals surface area (Å²) in [7, 11) is 1.70. The molecule has 148 valence electrons. The smallest absolute Gasteiger partial charge is 0.118 e. The summed E-state index contributed by atoms with van der Waals surface area (Å²) in [6.45, 7) is 11.7. The molecule has 3 rings (SSSR count). The minimum absolute atomic E-state index is 0.0116. The summed E-state index contributed by atoms with van der Waals surface area (Å²) in [6.07, 6.45) is 4.08. The Morgan fingerprint density at radius 1 is 1.19 bits per heavy atom. The lowest BCUT2D eigenvalue weighted by Gasteiger charge is -2.35. The van der Waals surface area contributed by atoms with E-state index in [0.29, 0.717) is 6.04 Å². The molecule has 0 amide bonds. The first-order valence-electron chi connectivity index (χ1n) is 9.68. The van der Waals surface area contributed by atoms with Crippen molar-refractivity contribution < 1.29 is 9.47 Å². The van der Waals surface area contributed by atoms with E-state index < -0.39 is 0 Å². The number of hydrogen-bond acceptors (Lipinski definition) is 5. The quantitative estimate of drug-likeness (QED) is 0.810. The predicted octanol–water partition coefficient (Wildman–Crippen LogP) is 2.81. The molecule has 0 aliphatic carbocycles. The van der Waals surface area contributed by atoms with E-state index in [2.05, 4.69) is 54.4 Å². The van der Waals surface area contributed by atoms with Crippen LogP contribution in [0.2, 0.25) is 0 Å². The van der Waals surface area contributed by atoms with Crippen molar-refractivity contribution in [3.8, 4) is 5.75 Å². The van der Waals surface area contributed by atoms with Crippen molar-refractivity contribution in [3.63, 3.8) is 0 Å².